The molecule has 1 atom stereocenters. The second kappa shape index (κ2) is 7.77. The SMILES string of the molecule is Cn1nccc1NC(=O)NCC1CCN(c2ccc(OC(F)(F)F)cc2)C1. The van der Waals surface area contributed by atoms with Crippen LogP contribution in [0.2, 0.25) is 0 Å². The van der Waals surface area contributed by atoms with Gasteiger partial charge < -0.3 is 15.0 Å². The van der Waals surface area contributed by atoms with E-state index >= 15 is 0 Å². The summed E-state index contributed by atoms with van der Waals surface area (Å²) in [4.78, 5) is 14.0. The molecule has 10 heteroatoms. The highest BCUT2D eigenvalue weighted by Gasteiger charge is 2.31. The van der Waals surface area contributed by atoms with Crippen LogP contribution in [0.25, 0.3) is 0 Å². The van der Waals surface area contributed by atoms with Crippen molar-refractivity contribution in [3.8, 4) is 5.75 Å². The number of urea groups is 1. The predicted molar refractivity (Wildman–Crippen MR) is 93.7 cm³/mol. The molecule has 0 spiro atoms. The van der Waals surface area contributed by atoms with Crippen LogP contribution in [0.15, 0.2) is 36.5 Å². The molecule has 7 nitrogen and oxygen atoms in total. The van der Waals surface area contributed by atoms with Crippen molar-refractivity contribution in [1.82, 2.24) is 15.1 Å². The van der Waals surface area contributed by atoms with E-state index in [1.54, 1.807) is 36.1 Å². The van der Waals surface area contributed by atoms with Gasteiger partial charge in [-0.2, -0.15) is 5.10 Å². The zero-order valence-corrected chi connectivity index (χ0v) is 14.7. The molecule has 2 heterocycles. The second-order valence-corrected chi connectivity index (χ2v) is 6.32. The topological polar surface area (TPSA) is 71.4 Å². The summed E-state index contributed by atoms with van der Waals surface area (Å²) in [7, 11) is 1.73. The lowest BCUT2D eigenvalue weighted by Gasteiger charge is -2.19. The molecule has 1 unspecified atom stereocenters. The molecule has 1 aliphatic heterocycles. The number of alkyl halides is 3. The van der Waals surface area contributed by atoms with Gasteiger partial charge in [0, 0.05) is 38.4 Å². The molecule has 0 radical (unpaired) electrons. The molecule has 3 rings (SSSR count). The zero-order valence-electron chi connectivity index (χ0n) is 14.7. The third-order valence-electron chi connectivity index (χ3n) is 4.34. The molecule has 2 N–H and O–H groups in total. The monoisotopic (exact) mass is 383 g/mol. The van der Waals surface area contributed by atoms with Gasteiger partial charge in [0.15, 0.2) is 0 Å². The van der Waals surface area contributed by atoms with Crippen molar-refractivity contribution in [2.24, 2.45) is 13.0 Å². The maximum absolute atomic E-state index is 12.2. The van der Waals surface area contributed by atoms with E-state index in [1.807, 2.05) is 0 Å². The van der Waals surface area contributed by atoms with Crippen LogP contribution in [0.5, 0.6) is 5.75 Å². The van der Waals surface area contributed by atoms with Gasteiger partial charge in [0.2, 0.25) is 0 Å². The number of rotatable bonds is 5. The molecular formula is C17H20F3N5O2. The Morgan fingerprint density at radius 2 is 2.04 bits per heavy atom. The van der Waals surface area contributed by atoms with E-state index in [9.17, 15) is 18.0 Å². The fourth-order valence-corrected chi connectivity index (χ4v) is 2.99. The van der Waals surface area contributed by atoms with Crippen molar-refractivity contribution in [3.05, 3.63) is 36.5 Å². The molecule has 0 bridgehead atoms. The number of ether oxygens (including phenoxy) is 1. The first-order valence-electron chi connectivity index (χ1n) is 8.44. The minimum absolute atomic E-state index is 0.240. The van der Waals surface area contributed by atoms with Gasteiger partial charge in [0.1, 0.15) is 11.6 Å². The summed E-state index contributed by atoms with van der Waals surface area (Å²) in [5, 5.41) is 9.52. The predicted octanol–water partition coefficient (Wildman–Crippen LogP) is 2.97. The number of nitrogens with one attached hydrogen (secondary N) is 2. The van der Waals surface area contributed by atoms with Gasteiger partial charge in [-0.15, -0.1) is 13.2 Å². The Morgan fingerprint density at radius 3 is 2.67 bits per heavy atom. The van der Waals surface area contributed by atoms with E-state index in [1.165, 1.54) is 12.1 Å². The first kappa shape index (κ1) is 18.9. The molecule has 1 aromatic heterocycles. The van der Waals surface area contributed by atoms with Gasteiger partial charge in [0.25, 0.3) is 0 Å². The van der Waals surface area contributed by atoms with E-state index < -0.39 is 6.36 Å². The van der Waals surface area contributed by atoms with Gasteiger partial charge in [-0.05, 0) is 36.6 Å². The minimum Gasteiger partial charge on any atom is -0.406 e. The number of amides is 2. The number of hydrogen-bond donors (Lipinski definition) is 2. The van der Waals surface area contributed by atoms with Gasteiger partial charge in [0.05, 0.1) is 6.20 Å². The van der Waals surface area contributed by atoms with E-state index in [-0.39, 0.29) is 17.7 Å². The van der Waals surface area contributed by atoms with Crippen LogP contribution < -0.4 is 20.3 Å². The molecular weight excluding hydrogens is 363 g/mol. The molecule has 2 amide bonds. The Labute approximate surface area is 154 Å². The minimum atomic E-state index is -4.69. The number of aryl methyl sites for hydroxylation is 1. The van der Waals surface area contributed by atoms with Crippen molar-refractivity contribution in [2.75, 3.05) is 29.9 Å². The fourth-order valence-electron chi connectivity index (χ4n) is 2.99. The zero-order chi connectivity index (χ0) is 19.4. The summed E-state index contributed by atoms with van der Waals surface area (Å²) in [6.07, 6.45) is -2.22. The summed E-state index contributed by atoms with van der Waals surface area (Å²) in [6, 6.07) is 7.21. The molecule has 1 fully saturated rings. The molecule has 1 aliphatic rings. The van der Waals surface area contributed by atoms with E-state index in [0.29, 0.717) is 18.9 Å². The molecule has 0 saturated carbocycles. The Balaban J connectivity index is 1.46. The molecule has 2 aromatic rings. The van der Waals surface area contributed by atoms with Crippen molar-refractivity contribution in [1.29, 1.82) is 0 Å². The summed E-state index contributed by atoms with van der Waals surface area (Å²) >= 11 is 0. The first-order chi connectivity index (χ1) is 12.8. The lowest BCUT2D eigenvalue weighted by Crippen LogP contribution is -2.34. The molecule has 0 aliphatic carbocycles. The Hall–Kier alpha value is -2.91. The average Bonchev–Trinajstić information content (AvgIpc) is 3.22. The van der Waals surface area contributed by atoms with Crippen LogP contribution in [0, 0.1) is 5.92 Å². The molecule has 146 valence electrons. The van der Waals surface area contributed by atoms with E-state index in [4.69, 9.17) is 0 Å². The standard InChI is InChI=1S/C17H20F3N5O2/c1-24-15(6-8-22-24)23-16(26)21-10-12-7-9-25(11-12)13-2-4-14(5-3-13)27-17(18,19)20/h2-6,8,12H,7,9-11H2,1H3,(H2,21,23,26). The molecule has 27 heavy (non-hydrogen) atoms. The van der Waals surface area contributed by atoms with Gasteiger partial charge in [-0.3, -0.25) is 10.00 Å². The highest BCUT2D eigenvalue weighted by atomic mass is 19.4. The molecule has 1 saturated heterocycles. The first-order valence-corrected chi connectivity index (χ1v) is 8.44. The molecule has 1 aromatic carbocycles. The van der Waals surface area contributed by atoms with E-state index in [0.717, 1.165) is 18.7 Å². The lowest BCUT2D eigenvalue weighted by molar-refractivity contribution is -0.274. The maximum Gasteiger partial charge on any atom is 0.573 e. The smallest absolute Gasteiger partial charge is 0.406 e. The Kier molecular flexibility index (Phi) is 5.43. The van der Waals surface area contributed by atoms with Crippen LogP contribution in [0.3, 0.4) is 0 Å². The number of anilines is 2. The second-order valence-electron chi connectivity index (χ2n) is 6.32. The average molecular weight is 383 g/mol. The number of halogens is 3. The highest BCUT2D eigenvalue weighted by Crippen LogP contribution is 2.28. The maximum atomic E-state index is 12.2. The number of carbonyl (C=O) groups is 1. The summed E-state index contributed by atoms with van der Waals surface area (Å²) in [5.41, 5.74) is 0.825. The fraction of sp³-hybridized carbons (Fsp3) is 0.412. The number of carbonyl (C=O) groups excluding carboxylic acids is 1. The van der Waals surface area contributed by atoms with Gasteiger partial charge >= 0.3 is 12.4 Å². The highest BCUT2D eigenvalue weighted by molar-refractivity contribution is 5.88. The number of benzene rings is 1. The van der Waals surface area contributed by atoms with Crippen LogP contribution in [-0.2, 0) is 7.05 Å². The van der Waals surface area contributed by atoms with Crippen LogP contribution in [-0.4, -0.2) is 41.8 Å². The largest absolute Gasteiger partial charge is 0.573 e. The van der Waals surface area contributed by atoms with Gasteiger partial charge in [-0.25, -0.2) is 4.79 Å². The number of nitrogens with zero attached hydrogens (tertiary/aromatic N) is 3. The van der Waals surface area contributed by atoms with Crippen LogP contribution >= 0.6 is 0 Å². The summed E-state index contributed by atoms with van der Waals surface area (Å²) < 4.78 is 42.1. The van der Waals surface area contributed by atoms with Crippen molar-refractivity contribution < 1.29 is 22.7 Å². The van der Waals surface area contributed by atoms with Crippen molar-refractivity contribution in [2.45, 2.75) is 12.8 Å². The van der Waals surface area contributed by atoms with E-state index in [2.05, 4.69) is 25.4 Å². The Bertz CT molecular complexity index is 776. The number of hydrogen-bond acceptors (Lipinski definition) is 4. The summed E-state index contributed by atoms with van der Waals surface area (Å²) in [6.45, 7) is 2.00. The van der Waals surface area contributed by atoms with Crippen molar-refractivity contribution >= 4 is 17.5 Å². The van der Waals surface area contributed by atoms with Crippen LogP contribution in [0.1, 0.15) is 6.42 Å². The quantitative estimate of drug-likeness (QED) is 0.833. The number of aromatic nitrogens is 2. The van der Waals surface area contributed by atoms with Gasteiger partial charge in [-0.1, -0.05) is 0 Å². The third kappa shape index (κ3) is 5.28. The normalized spacial score (nSPS) is 17.0. The lowest BCUT2D eigenvalue weighted by atomic mass is 10.1. The summed E-state index contributed by atoms with van der Waals surface area (Å²) in [5.74, 6) is 0.616. The van der Waals surface area contributed by atoms with Crippen LogP contribution in [0.4, 0.5) is 29.5 Å². The Morgan fingerprint density at radius 1 is 1.30 bits per heavy atom. The van der Waals surface area contributed by atoms with Crippen molar-refractivity contribution in [3.63, 3.8) is 0 Å². The third-order valence-corrected chi connectivity index (χ3v) is 4.34.